The van der Waals surface area contributed by atoms with E-state index in [-0.39, 0.29) is 18.4 Å². The molecule has 0 radical (unpaired) electrons. The maximum Gasteiger partial charge on any atom is 0.311 e. The topological polar surface area (TPSA) is 65.2 Å². The molecule has 1 heterocycles. The van der Waals surface area contributed by atoms with Crippen molar-refractivity contribution in [3.63, 3.8) is 0 Å². The molecule has 4 heteroatoms. The van der Waals surface area contributed by atoms with E-state index in [1.54, 1.807) is 6.20 Å². The van der Waals surface area contributed by atoms with Crippen molar-refractivity contribution in [2.45, 2.75) is 32.8 Å². The zero-order chi connectivity index (χ0) is 15.5. The highest BCUT2D eigenvalue weighted by Crippen LogP contribution is 2.21. The Balaban J connectivity index is 2.23. The molecule has 1 aromatic heterocycles. The van der Waals surface area contributed by atoms with Crippen LogP contribution in [0.15, 0.2) is 36.7 Å². The summed E-state index contributed by atoms with van der Waals surface area (Å²) in [7, 11) is 0. The van der Waals surface area contributed by atoms with Crippen LogP contribution in [-0.4, -0.2) is 23.1 Å². The molecule has 0 aliphatic rings. The van der Waals surface area contributed by atoms with Gasteiger partial charge in [0.25, 0.3) is 0 Å². The van der Waals surface area contributed by atoms with Crippen LogP contribution in [0.25, 0.3) is 10.8 Å². The number of rotatable bonds is 4. The molecule has 2 N–H and O–H groups in total. The standard InChI is InChI=1S/C17H22N2O2/c1-17(2,3)21-16(20)13(9-18)8-14-11-19-10-12-6-4-5-7-15(12)14/h4-7,10-11,13H,8-9,18H2,1-3H3. The Kier molecular flexibility index (Phi) is 4.58. The molecule has 0 saturated carbocycles. The number of nitrogens with two attached hydrogens (primary N) is 1. The van der Waals surface area contributed by atoms with Crippen molar-refractivity contribution in [1.29, 1.82) is 0 Å². The van der Waals surface area contributed by atoms with Gasteiger partial charge < -0.3 is 10.5 Å². The van der Waals surface area contributed by atoms with Gasteiger partial charge in [0, 0.05) is 24.3 Å². The number of hydrogen-bond donors (Lipinski definition) is 1. The lowest BCUT2D eigenvalue weighted by atomic mass is 9.96. The quantitative estimate of drug-likeness (QED) is 0.878. The molecule has 0 saturated heterocycles. The molecule has 0 amide bonds. The minimum atomic E-state index is -0.499. The Labute approximate surface area is 125 Å². The number of pyridine rings is 1. The monoisotopic (exact) mass is 286 g/mol. The molecule has 4 nitrogen and oxygen atoms in total. The fourth-order valence-electron chi connectivity index (χ4n) is 2.26. The molecule has 112 valence electrons. The van der Waals surface area contributed by atoms with Gasteiger partial charge in [0.05, 0.1) is 5.92 Å². The van der Waals surface area contributed by atoms with Gasteiger partial charge in [-0.2, -0.15) is 0 Å². The Morgan fingerprint density at radius 2 is 2.00 bits per heavy atom. The number of esters is 1. The number of fused-ring (bicyclic) bond motifs is 1. The van der Waals surface area contributed by atoms with Crippen molar-refractivity contribution in [1.82, 2.24) is 4.98 Å². The number of benzene rings is 1. The summed E-state index contributed by atoms with van der Waals surface area (Å²) in [5.41, 5.74) is 6.29. The van der Waals surface area contributed by atoms with Gasteiger partial charge in [0.2, 0.25) is 0 Å². The van der Waals surface area contributed by atoms with E-state index in [9.17, 15) is 4.79 Å². The summed E-state index contributed by atoms with van der Waals surface area (Å²) in [5, 5.41) is 2.17. The van der Waals surface area contributed by atoms with Crippen molar-refractivity contribution in [3.05, 3.63) is 42.2 Å². The lowest BCUT2D eigenvalue weighted by Crippen LogP contribution is -2.33. The Hall–Kier alpha value is -1.94. The molecule has 21 heavy (non-hydrogen) atoms. The van der Waals surface area contributed by atoms with Crippen LogP contribution in [-0.2, 0) is 16.0 Å². The second-order valence-corrected chi connectivity index (χ2v) is 6.19. The van der Waals surface area contributed by atoms with Crippen molar-refractivity contribution in [3.8, 4) is 0 Å². The van der Waals surface area contributed by atoms with Gasteiger partial charge in [-0.05, 0) is 38.1 Å². The molecule has 0 fully saturated rings. The van der Waals surface area contributed by atoms with E-state index in [0.717, 1.165) is 16.3 Å². The van der Waals surface area contributed by atoms with Crippen molar-refractivity contribution < 1.29 is 9.53 Å². The average Bonchev–Trinajstić information content (AvgIpc) is 2.42. The van der Waals surface area contributed by atoms with E-state index >= 15 is 0 Å². The van der Waals surface area contributed by atoms with Gasteiger partial charge in [-0.3, -0.25) is 9.78 Å². The third-order valence-electron chi connectivity index (χ3n) is 3.24. The number of carbonyl (C=O) groups excluding carboxylic acids is 1. The lowest BCUT2D eigenvalue weighted by Gasteiger charge is -2.23. The van der Waals surface area contributed by atoms with Gasteiger partial charge >= 0.3 is 5.97 Å². The molecule has 0 bridgehead atoms. The number of hydrogen-bond acceptors (Lipinski definition) is 4. The Morgan fingerprint density at radius 3 is 2.67 bits per heavy atom. The van der Waals surface area contributed by atoms with Gasteiger partial charge in [0.15, 0.2) is 0 Å². The van der Waals surface area contributed by atoms with E-state index in [0.29, 0.717) is 6.42 Å². The summed E-state index contributed by atoms with van der Waals surface area (Å²) in [5.74, 6) is -0.602. The Morgan fingerprint density at radius 1 is 1.29 bits per heavy atom. The van der Waals surface area contributed by atoms with Crippen LogP contribution in [0.3, 0.4) is 0 Å². The van der Waals surface area contributed by atoms with Gasteiger partial charge in [-0.15, -0.1) is 0 Å². The minimum Gasteiger partial charge on any atom is -0.460 e. The zero-order valence-corrected chi connectivity index (χ0v) is 12.8. The molecule has 2 rings (SSSR count). The predicted molar refractivity (Wildman–Crippen MR) is 83.8 cm³/mol. The van der Waals surface area contributed by atoms with E-state index in [1.807, 2.05) is 51.2 Å². The van der Waals surface area contributed by atoms with Crippen LogP contribution < -0.4 is 5.73 Å². The van der Waals surface area contributed by atoms with Gasteiger partial charge in [0.1, 0.15) is 5.60 Å². The largest absolute Gasteiger partial charge is 0.460 e. The highest BCUT2D eigenvalue weighted by molar-refractivity contribution is 5.85. The van der Waals surface area contributed by atoms with Gasteiger partial charge in [-0.1, -0.05) is 24.3 Å². The summed E-state index contributed by atoms with van der Waals surface area (Å²) < 4.78 is 5.44. The van der Waals surface area contributed by atoms with Crippen molar-refractivity contribution in [2.75, 3.05) is 6.54 Å². The summed E-state index contributed by atoms with van der Waals surface area (Å²) >= 11 is 0. The Bertz CT molecular complexity index is 627. The molecule has 0 spiro atoms. The third kappa shape index (κ3) is 4.02. The van der Waals surface area contributed by atoms with E-state index in [4.69, 9.17) is 10.5 Å². The first-order chi connectivity index (χ1) is 9.90. The molecule has 1 atom stereocenters. The number of nitrogens with zero attached hydrogens (tertiary/aromatic N) is 1. The zero-order valence-electron chi connectivity index (χ0n) is 12.8. The first-order valence-electron chi connectivity index (χ1n) is 7.15. The van der Waals surface area contributed by atoms with Gasteiger partial charge in [-0.25, -0.2) is 0 Å². The SMILES string of the molecule is CC(C)(C)OC(=O)C(CN)Cc1cncc2ccccc12. The highest BCUT2D eigenvalue weighted by atomic mass is 16.6. The molecule has 1 unspecified atom stereocenters. The normalized spacial score (nSPS) is 13.1. The minimum absolute atomic E-state index is 0.252. The molecule has 2 aromatic rings. The van der Waals surface area contributed by atoms with Crippen LogP contribution in [0.5, 0.6) is 0 Å². The molecule has 0 aliphatic heterocycles. The second-order valence-electron chi connectivity index (χ2n) is 6.19. The maximum absolute atomic E-state index is 12.2. The smallest absolute Gasteiger partial charge is 0.311 e. The van der Waals surface area contributed by atoms with E-state index < -0.39 is 5.60 Å². The van der Waals surface area contributed by atoms with Crippen LogP contribution in [0, 0.1) is 5.92 Å². The molecule has 0 aliphatic carbocycles. The number of carbonyl (C=O) groups is 1. The van der Waals surface area contributed by atoms with Crippen LogP contribution >= 0.6 is 0 Å². The first-order valence-corrected chi connectivity index (χ1v) is 7.15. The highest BCUT2D eigenvalue weighted by Gasteiger charge is 2.24. The molecular formula is C17H22N2O2. The number of ether oxygens (including phenoxy) is 1. The van der Waals surface area contributed by atoms with Crippen molar-refractivity contribution in [2.24, 2.45) is 11.7 Å². The van der Waals surface area contributed by atoms with Crippen LogP contribution in [0.2, 0.25) is 0 Å². The summed E-state index contributed by atoms with van der Waals surface area (Å²) in [6.45, 7) is 5.84. The number of aromatic nitrogens is 1. The predicted octanol–water partition coefficient (Wildman–Crippen LogP) is 2.69. The third-order valence-corrected chi connectivity index (χ3v) is 3.24. The molecule has 1 aromatic carbocycles. The fourth-order valence-corrected chi connectivity index (χ4v) is 2.26. The fraction of sp³-hybridized carbons (Fsp3) is 0.412. The van der Waals surface area contributed by atoms with E-state index in [2.05, 4.69) is 4.98 Å². The molecular weight excluding hydrogens is 264 g/mol. The van der Waals surface area contributed by atoms with Crippen molar-refractivity contribution >= 4 is 16.7 Å². The average molecular weight is 286 g/mol. The lowest BCUT2D eigenvalue weighted by molar-refractivity contribution is -0.159. The second kappa shape index (κ2) is 6.22. The van der Waals surface area contributed by atoms with Crippen LogP contribution in [0.4, 0.5) is 0 Å². The maximum atomic E-state index is 12.2. The first kappa shape index (κ1) is 15.4. The summed E-state index contributed by atoms with van der Waals surface area (Å²) in [6, 6.07) is 8.00. The summed E-state index contributed by atoms with van der Waals surface area (Å²) in [6.07, 6.45) is 4.17. The summed E-state index contributed by atoms with van der Waals surface area (Å²) in [4.78, 5) is 16.4. The van der Waals surface area contributed by atoms with Crippen LogP contribution in [0.1, 0.15) is 26.3 Å². The van der Waals surface area contributed by atoms with E-state index in [1.165, 1.54) is 0 Å².